The highest BCUT2D eigenvalue weighted by molar-refractivity contribution is 5.44. The highest BCUT2D eigenvalue weighted by Crippen LogP contribution is 2.32. The quantitative estimate of drug-likeness (QED) is 0.163. The van der Waals surface area contributed by atoms with Crippen LogP contribution in [0.4, 0.5) is 5.95 Å². The number of anilines is 1. The fraction of sp³-hybridized carbons (Fsp3) is 0.341. The van der Waals surface area contributed by atoms with Crippen LogP contribution in [0.25, 0.3) is 0 Å². The Bertz CT molecular complexity index is 1620. The van der Waals surface area contributed by atoms with Gasteiger partial charge in [0.15, 0.2) is 11.5 Å². The maximum atomic E-state index is 6.12. The van der Waals surface area contributed by atoms with Crippen LogP contribution in [0.3, 0.4) is 0 Å². The van der Waals surface area contributed by atoms with Gasteiger partial charge < -0.3 is 47.8 Å². The van der Waals surface area contributed by atoms with Gasteiger partial charge in [0.1, 0.15) is 0 Å². The molecule has 282 valence electrons. The van der Waals surface area contributed by atoms with E-state index >= 15 is 0 Å². The van der Waals surface area contributed by atoms with Gasteiger partial charge in [0, 0.05) is 70.2 Å². The first-order chi connectivity index (χ1) is 26.0. The first-order valence-electron chi connectivity index (χ1n) is 18.1. The summed E-state index contributed by atoms with van der Waals surface area (Å²) in [4.78, 5) is 14.5. The van der Waals surface area contributed by atoms with Crippen LogP contribution < -0.4 is 43.0 Å². The number of nitrogens with zero attached hydrogens (tertiary/aromatic N) is 4. The van der Waals surface area contributed by atoms with Crippen molar-refractivity contribution in [1.29, 1.82) is 0 Å². The average molecular weight is 722 g/mol. The van der Waals surface area contributed by atoms with Crippen molar-refractivity contribution in [2.45, 2.75) is 57.0 Å². The normalized spacial score (nSPS) is 15.7. The largest absolute Gasteiger partial charge is 0.454 e. The van der Waals surface area contributed by atoms with E-state index in [1.165, 1.54) is 6.42 Å². The maximum absolute atomic E-state index is 6.12. The van der Waals surface area contributed by atoms with Crippen molar-refractivity contribution >= 4 is 5.95 Å². The minimum atomic E-state index is -0.0163. The molecule has 1 atom stereocenters. The van der Waals surface area contributed by atoms with E-state index in [-0.39, 0.29) is 6.04 Å². The summed E-state index contributed by atoms with van der Waals surface area (Å²) in [5.41, 5.74) is 32.4. The zero-order chi connectivity index (χ0) is 37.5. The standard InChI is InChI=1S/C13H13N.C9H14N4.C8H9NO2.C6H8N2.C5H11NO/c14-13(11-7-3-1-4-8-11)12-9-5-2-6-10-12;10-8-2-6-13(7-3-8)9-11-4-1-5-12-9;9-4-6-1-2-7-8(3-6)11-5-10-7;7-4-6-2-1-3-8-5-6;6-4-5-2-1-3-7-5/h1-10,13H,14H2;1,4-5,8H,2-3,6-7,10H2;1-3H,4-5,9H2;1-3,5H,4,7H2;5H,1-4,6H2. The summed E-state index contributed by atoms with van der Waals surface area (Å²) in [5, 5.41) is 0. The van der Waals surface area contributed by atoms with Gasteiger partial charge in [-0.1, -0.05) is 72.8 Å². The minimum Gasteiger partial charge on any atom is -0.454 e. The Kier molecular flexibility index (Phi) is 18.2. The predicted molar refractivity (Wildman–Crippen MR) is 211 cm³/mol. The monoisotopic (exact) mass is 721 g/mol. The number of piperidine rings is 1. The first-order valence-corrected chi connectivity index (χ1v) is 18.1. The van der Waals surface area contributed by atoms with Crippen LogP contribution >= 0.6 is 0 Å². The zero-order valence-corrected chi connectivity index (χ0v) is 30.5. The Hall–Kier alpha value is -4.95. The Morgan fingerprint density at radius 2 is 1.34 bits per heavy atom. The second-order valence-corrected chi connectivity index (χ2v) is 12.5. The molecule has 12 heteroatoms. The fourth-order valence-electron chi connectivity index (χ4n) is 5.48. The molecule has 0 aliphatic carbocycles. The summed E-state index contributed by atoms with van der Waals surface area (Å²) in [6.45, 7) is 5.01. The number of hydrogen-bond acceptors (Lipinski definition) is 12. The molecule has 0 radical (unpaired) electrons. The van der Waals surface area contributed by atoms with Crippen LogP contribution in [-0.2, 0) is 17.8 Å². The van der Waals surface area contributed by atoms with Crippen LogP contribution in [0.2, 0.25) is 0 Å². The second-order valence-electron chi connectivity index (χ2n) is 12.5. The second kappa shape index (κ2) is 23.6. The third-order valence-corrected chi connectivity index (χ3v) is 8.61. The Morgan fingerprint density at radius 1 is 0.698 bits per heavy atom. The summed E-state index contributed by atoms with van der Waals surface area (Å²) in [7, 11) is 0. The van der Waals surface area contributed by atoms with Crippen molar-refractivity contribution in [1.82, 2.24) is 15.0 Å². The summed E-state index contributed by atoms with van der Waals surface area (Å²) >= 11 is 0. The van der Waals surface area contributed by atoms with E-state index in [2.05, 4.69) is 44.1 Å². The zero-order valence-electron chi connectivity index (χ0n) is 30.5. The third-order valence-electron chi connectivity index (χ3n) is 8.61. The van der Waals surface area contributed by atoms with Gasteiger partial charge in [-0.3, -0.25) is 4.98 Å². The number of fused-ring (bicyclic) bond motifs is 1. The van der Waals surface area contributed by atoms with Crippen LogP contribution in [0.15, 0.2) is 122 Å². The molecule has 5 aromatic rings. The van der Waals surface area contributed by atoms with Crippen molar-refractivity contribution in [2.24, 2.45) is 28.7 Å². The molecular weight excluding hydrogens is 667 g/mol. The SMILES string of the molecule is NC(c1ccccc1)c1ccccc1.NC1CCN(c2ncccn2)CC1.NCC1CCCO1.NCc1ccc2c(c1)OCO2.NCc1cccnc1. The molecule has 0 bridgehead atoms. The van der Waals surface area contributed by atoms with Gasteiger partial charge in [0.05, 0.1) is 12.1 Å². The van der Waals surface area contributed by atoms with Crippen molar-refractivity contribution in [3.8, 4) is 11.5 Å². The molecule has 2 aromatic heterocycles. The fourth-order valence-corrected chi connectivity index (χ4v) is 5.48. The van der Waals surface area contributed by atoms with Crippen LogP contribution in [0.1, 0.15) is 54.0 Å². The molecule has 0 saturated carbocycles. The van der Waals surface area contributed by atoms with E-state index in [9.17, 15) is 0 Å². The van der Waals surface area contributed by atoms with Gasteiger partial charge in [0.25, 0.3) is 0 Å². The lowest BCUT2D eigenvalue weighted by Crippen LogP contribution is -2.40. The average Bonchev–Trinajstić information content (AvgIpc) is 3.96. The van der Waals surface area contributed by atoms with Gasteiger partial charge >= 0.3 is 0 Å². The van der Waals surface area contributed by atoms with E-state index < -0.39 is 0 Å². The smallest absolute Gasteiger partial charge is 0.231 e. The van der Waals surface area contributed by atoms with Crippen LogP contribution in [0.5, 0.6) is 11.5 Å². The van der Waals surface area contributed by atoms with Crippen molar-refractivity contribution in [2.75, 3.05) is 37.9 Å². The molecule has 10 N–H and O–H groups in total. The third kappa shape index (κ3) is 14.5. The number of aromatic nitrogens is 3. The molecule has 0 amide bonds. The highest BCUT2D eigenvalue weighted by atomic mass is 16.7. The first kappa shape index (κ1) is 40.8. The molecule has 2 fully saturated rings. The van der Waals surface area contributed by atoms with E-state index in [1.807, 2.05) is 72.8 Å². The van der Waals surface area contributed by atoms with E-state index in [0.29, 0.717) is 38.6 Å². The Labute approximate surface area is 313 Å². The molecular formula is C41H55N9O3. The van der Waals surface area contributed by atoms with Gasteiger partial charge in [-0.25, -0.2) is 9.97 Å². The Balaban J connectivity index is 0.000000151. The number of rotatable bonds is 6. The van der Waals surface area contributed by atoms with Crippen LogP contribution in [0, 0.1) is 0 Å². The number of hydrogen-bond donors (Lipinski definition) is 5. The highest BCUT2D eigenvalue weighted by Gasteiger charge is 2.17. The molecule has 3 aromatic carbocycles. The lowest BCUT2D eigenvalue weighted by molar-refractivity contribution is 0.117. The summed E-state index contributed by atoms with van der Waals surface area (Å²) < 4.78 is 15.5. The summed E-state index contributed by atoms with van der Waals surface area (Å²) in [5.74, 6) is 2.43. The number of benzene rings is 3. The van der Waals surface area contributed by atoms with E-state index in [4.69, 9.17) is 42.9 Å². The molecule has 53 heavy (non-hydrogen) atoms. The lowest BCUT2D eigenvalue weighted by atomic mass is 10.00. The lowest BCUT2D eigenvalue weighted by Gasteiger charge is -2.29. The van der Waals surface area contributed by atoms with Crippen molar-refractivity contribution in [3.05, 3.63) is 144 Å². The molecule has 8 rings (SSSR count). The molecule has 5 heterocycles. The van der Waals surface area contributed by atoms with Crippen molar-refractivity contribution < 1.29 is 14.2 Å². The summed E-state index contributed by atoms with van der Waals surface area (Å²) in [6, 6.07) is 32.0. The molecule has 12 nitrogen and oxygen atoms in total. The van der Waals surface area contributed by atoms with Gasteiger partial charge in [-0.05, 0) is 72.2 Å². The van der Waals surface area contributed by atoms with E-state index in [1.54, 1.807) is 24.8 Å². The maximum Gasteiger partial charge on any atom is 0.231 e. The van der Waals surface area contributed by atoms with Gasteiger partial charge in [-0.2, -0.15) is 0 Å². The van der Waals surface area contributed by atoms with Crippen LogP contribution in [-0.4, -0.2) is 60.1 Å². The van der Waals surface area contributed by atoms with Crippen molar-refractivity contribution in [3.63, 3.8) is 0 Å². The molecule has 3 aliphatic heterocycles. The topological polar surface area (TPSA) is 200 Å². The van der Waals surface area contributed by atoms with E-state index in [0.717, 1.165) is 78.7 Å². The number of nitrogens with two attached hydrogens (primary N) is 5. The molecule has 3 aliphatic rings. The molecule has 1 unspecified atom stereocenters. The molecule has 2 saturated heterocycles. The minimum absolute atomic E-state index is 0.0163. The van der Waals surface area contributed by atoms with Gasteiger partial charge in [-0.15, -0.1) is 0 Å². The summed E-state index contributed by atoms with van der Waals surface area (Å²) in [6.07, 6.45) is 11.9. The predicted octanol–water partition coefficient (Wildman–Crippen LogP) is 4.68. The Morgan fingerprint density at radius 3 is 1.85 bits per heavy atom. The number of ether oxygens (including phenoxy) is 3. The van der Waals surface area contributed by atoms with Gasteiger partial charge in [0.2, 0.25) is 12.7 Å². The molecule has 0 spiro atoms. The number of pyridine rings is 1.